The van der Waals surface area contributed by atoms with Gasteiger partial charge in [0.05, 0.1) is 40.7 Å². The number of nitrogens with zero attached hydrogens (tertiary/aromatic N) is 2. The number of carbonyl (C=O) groups excluding carboxylic acids is 2. The van der Waals surface area contributed by atoms with Gasteiger partial charge in [-0.05, 0) is 37.1 Å². The molecule has 2 aromatic carbocycles. The molecule has 3 aliphatic rings. The second-order valence-corrected chi connectivity index (χ2v) is 7.79. The van der Waals surface area contributed by atoms with Gasteiger partial charge in [0, 0.05) is 17.2 Å². The number of benzene rings is 2. The second kappa shape index (κ2) is 6.53. The van der Waals surface area contributed by atoms with Crippen molar-refractivity contribution in [3.8, 4) is 11.5 Å². The lowest BCUT2D eigenvalue weighted by Gasteiger charge is -2.18. The number of hydrogen-bond acceptors (Lipinski definition) is 6. The molecule has 3 heterocycles. The molecule has 2 bridgehead atoms. The van der Waals surface area contributed by atoms with E-state index in [0.29, 0.717) is 10.8 Å². The van der Waals surface area contributed by atoms with E-state index in [1.807, 2.05) is 0 Å². The lowest BCUT2D eigenvalue weighted by molar-refractivity contribution is -0.384. The van der Waals surface area contributed by atoms with Crippen LogP contribution in [0.1, 0.15) is 12.8 Å². The SMILES string of the molecule is O=C1[C@@H]2[C@H](C(=O)N1c1cc(Oc3ccc(Cl)cc3)cc([N+](=O)[O-])c1)[C@@H]1CC[C@@H]2O1. The minimum absolute atomic E-state index is 0.131. The van der Waals surface area contributed by atoms with Gasteiger partial charge in [-0.3, -0.25) is 19.7 Å². The van der Waals surface area contributed by atoms with Gasteiger partial charge in [-0.2, -0.15) is 0 Å². The van der Waals surface area contributed by atoms with Crippen molar-refractivity contribution in [1.29, 1.82) is 0 Å². The Morgan fingerprint density at radius 1 is 1.00 bits per heavy atom. The molecule has 4 atom stereocenters. The Morgan fingerprint density at radius 2 is 1.62 bits per heavy atom. The molecule has 29 heavy (non-hydrogen) atoms. The molecule has 3 saturated heterocycles. The predicted molar refractivity (Wildman–Crippen MR) is 102 cm³/mol. The maximum atomic E-state index is 13.0. The summed E-state index contributed by atoms with van der Waals surface area (Å²) in [4.78, 5) is 37.8. The molecule has 2 amide bonds. The van der Waals surface area contributed by atoms with E-state index in [-0.39, 0.29) is 41.1 Å². The van der Waals surface area contributed by atoms with Crippen LogP contribution in [0, 0.1) is 22.0 Å². The Morgan fingerprint density at radius 3 is 2.21 bits per heavy atom. The van der Waals surface area contributed by atoms with Gasteiger partial charge < -0.3 is 9.47 Å². The number of nitro benzene ring substituents is 1. The van der Waals surface area contributed by atoms with Crippen LogP contribution in [0.2, 0.25) is 5.02 Å². The molecule has 148 valence electrons. The standard InChI is InChI=1S/C20H15ClN2O6/c21-10-1-3-13(4-2-10)28-14-8-11(7-12(9-14)23(26)27)22-19(24)17-15-5-6-16(29-15)18(17)20(22)25/h1-4,7-9,15-18H,5-6H2/t15-,16-,17-,18+/m0/s1. The number of anilines is 1. The fourth-order valence-corrected chi connectivity index (χ4v) is 4.59. The third-order valence-corrected chi connectivity index (χ3v) is 5.93. The maximum Gasteiger partial charge on any atom is 0.275 e. The van der Waals surface area contributed by atoms with Crippen molar-refractivity contribution in [2.24, 2.45) is 11.8 Å². The molecule has 0 spiro atoms. The van der Waals surface area contributed by atoms with Crippen LogP contribution in [0.4, 0.5) is 11.4 Å². The quantitative estimate of drug-likeness (QED) is 0.429. The summed E-state index contributed by atoms with van der Waals surface area (Å²) in [5.41, 5.74) is -0.143. The summed E-state index contributed by atoms with van der Waals surface area (Å²) in [5, 5.41) is 11.9. The van der Waals surface area contributed by atoms with Crippen molar-refractivity contribution in [3.05, 3.63) is 57.6 Å². The van der Waals surface area contributed by atoms with Crippen LogP contribution in [0.15, 0.2) is 42.5 Å². The summed E-state index contributed by atoms with van der Waals surface area (Å²) in [6.45, 7) is 0. The Bertz CT molecular complexity index is 1010. The Balaban J connectivity index is 1.52. The van der Waals surface area contributed by atoms with Crippen LogP contribution < -0.4 is 9.64 Å². The van der Waals surface area contributed by atoms with Gasteiger partial charge in [0.15, 0.2) is 0 Å². The zero-order valence-electron chi connectivity index (χ0n) is 15.0. The fraction of sp³-hybridized carbons (Fsp3) is 0.300. The van der Waals surface area contributed by atoms with Gasteiger partial charge in [-0.15, -0.1) is 0 Å². The van der Waals surface area contributed by atoms with Gasteiger partial charge in [0.1, 0.15) is 11.5 Å². The first kappa shape index (κ1) is 18.1. The third kappa shape index (κ3) is 2.87. The molecule has 5 rings (SSSR count). The van der Waals surface area contributed by atoms with Crippen LogP contribution >= 0.6 is 11.6 Å². The highest BCUT2D eigenvalue weighted by atomic mass is 35.5. The molecular formula is C20H15ClN2O6. The largest absolute Gasteiger partial charge is 0.457 e. The van der Waals surface area contributed by atoms with Crippen LogP contribution in [0.3, 0.4) is 0 Å². The normalized spacial score (nSPS) is 27.4. The van der Waals surface area contributed by atoms with E-state index in [4.69, 9.17) is 21.1 Å². The first-order valence-corrected chi connectivity index (χ1v) is 9.56. The van der Waals surface area contributed by atoms with Crippen LogP contribution in [0.5, 0.6) is 11.5 Å². The van der Waals surface area contributed by atoms with Crippen molar-refractivity contribution < 1.29 is 24.0 Å². The van der Waals surface area contributed by atoms with Crippen LogP contribution in [-0.4, -0.2) is 28.9 Å². The molecule has 3 aliphatic heterocycles. The first-order chi connectivity index (χ1) is 13.9. The van der Waals surface area contributed by atoms with Crippen LogP contribution in [0.25, 0.3) is 0 Å². The van der Waals surface area contributed by atoms with E-state index < -0.39 is 16.8 Å². The Hall–Kier alpha value is -2.97. The van der Waals surface area contributed by atoms with Crippen molar-refractivity contribution in [3.63, 3.8) is 0 Å². The van der Waals surface area contributed by atoms with E-state index in [1.165, 1.54) is 18.2 Å². The van der Waals surface area contributed by atoms with Crippen molar-refractivity contribution >= 4 is 34.8 Å². The summed E-state index contributed by atoms with van der Waals surface area (Å²) in [5.74, 6) is -1.20. The zero-order chi connectivity index (χ0) is 20.3. The minimum atomic E-state index is -0.586. The Kier molecular flexibility index (Phi) is 4.07. The number of hydrogen-bond donors (Lipinski definition) is 0. The summed E-state index contributed by atoms with van der Waals surface area (Å²) >= 11 is 5.86. The Labute approximate surface area is 170 Å². The average molecular weight is 415 g/mol. The zero-order valence-corrected chi connectivity index (χ0v) is 15.7. The molecule has 0 aliphatic carbocycles. The molecule has 0 radical (unpaired) electrons. The molecule has 2 aromatic rings. The fourth-order valence-electron chi connectivity index (χ4n) is 4.47. The molecule has 0 N–H and O–H groups in total. The van der Waals surface area contributed by atoms with Crippen molar-refractivity contribution in [2.45, 2.75) is 25.0 Å². The molecular weight excluding hydrogens is 400 g/mol. The van der Waals surface area contributed by atoms with Crippen molar-refractivity contribution in [2.75, 3.05) is 4.90 Å². The minimum Gasteiger partial charge on any atom is -0.457 e. The topological polar surface area (TPSA) is 99.0 Å². The van der Waals surface area contributed by atoms with Gasteiger partial charge in [0.2, 0.25) is 11.8 Å². The number of non-ortho nitro benzene ring substituents is 1. The average Bonchev–Trinajstić information content (AvgIpc) is 3.37. The number of amides is 2. The lowest BCUT2D eigenvalue weighted by Crippen LogP contribution is -2.34. The number of carbonyl (C=O) groups is 2. The summed E-state index contributed by atoms with van der Waals surface area (Å²) < 4.78 is 11.4. The van der Waals surface area contributed by atoms with Gasteiger partial charge in [-0.25, -0.2) is 4.90 Å². The number of halogens is 1. The number of nitro groups is 1. The third-order valence-electron chi connectivity index (χ3n) is 5.68. The highest BCUT2D eigenvalue weighted by Crippen LogP contribution is 2.50. The van der Waals surface area contributed by atoms with Gasteiger partial charge in [-0.1, -0.05) is 11.6 Å². The van der Waals surface area contributed by atoms with Crippen molar-refractivity contribution in [1.82, 2.24) is 0 Å². The predicted octanol–water partition coefficient (Wildman–Crippen LogP) is 3.71. The molecule has 0 aromatic heterocycles. The monoisotopic (exact) mass is 414 g/mol. The lowest BCUT2D eigenvalue weighted by atomic mass is 9.81. The highest BCUT2D eigenvalue weighted by molar-refractivity contribution is 6.30. The van der Waals surface area contributed by atoms with E-state index in [1.54, 1.807) is 24.3 Å². The number of rotatable bonds is 4. The summed E-state index contributed by atoms with van der Waals surface area (Å²) in [6, 6.07) is 10.4. The molecule has 3 fully saturated rings. The van der Waals surface area contributed by atoms with E-state index in [9.17, 15) is 19.7 Å². The van der Waals surface area contributed by atoms with E-state index in [0.717, 1.165) is 17.7 Å². The number of imide groups is 1. The maximum absolute atomic E-state index is 13.0. The van der Waals surface area contributed by atoms with E-state index >= 15 is 0 Å². The molecule has 0 unspecified atom stereocenters. The van der Waals surface area contributed by atoms with Crippen LogP contribution in [-0.2, 0) is 14.3 Å². The number of fused-ring (bicyclic) bond motifs is 5. The first-order valence-electron chi connectivity index (χ1n) is 9.18. The summed E-state index contributed by atoms with van der Waals surface area (Å²) in [6.07, 6.45) is 0.988. The molecule has 8 nitrogen and oxygen atoms in total. The van der Waals surface area contributed by atoms with Gasteiger partial charge >= 0.3 is 0 Å². The summed E-state index contributed by atoms with van der Waals surface area (Å²) in [7, 11) is 0. The molecule has 9 heteroatoms. The number of ether oxygens (including phenoxy) is 2. The smallest absolute Gasteiger partial charge is 0.275 e. The van der Waals surface area contributed by atoms with Gasteiger partial charge in [0.25, 0.3) is 5.69 Å². The molecule has 0 saturated carbocycles. The highest BCUT2D eigenvalue weighted by Gasteiger charge is 2.62. The van der Waals surface area contributed by atoms with E-state index in [2.05, 4.69) is 0 Å². The second-order valence-electron chi connectivity index (χ2n) is 7.35.